The number of aliphatic hydroxyl groups excluding tert-OH is 1. The summed E-state index contributed by atoms with van der Waals surface area (Å²) in [6.45, 7) is -0.115. The summed E-state index contributed by atoms with van der Waals surface area (Å²) in [4.78, 5) is 16.1. The fourth-order valence-corrected chi connectivity index (χ4v) is 4.47. The molecule has 3 aromatic heterocycles. The predicted octanol–water partition coefficient (Wildman–Crippen LogP) is 2.00. The summed E-state index contributed by atoms with van der Waals surface area (Å²) in [5.41, 5.74) is 6.94. The van der Waals surface area contributed by atoms with Crippen molar-refractivity contribution in [2.45, 2.75) is 37.4 Å². The topological polar surface area (TPSA) is 120 Å². The highest BCUT2D eigenvalue weighted by molar-refractivity contribution is 7.13. The Morgan fingerprint density at radius 2 is 2.19 bits per heavy atom. The van der Waals surface area contributed by atoms with Crippen molar-refractivity contribution in [1.29, 1.82) is 0 Å². The van der Waals surface area contributed by atoms with E-state index < -0.39 is 30.4 Å². The summed E-state index contributed by atoms with van der Waals surface area (Å²) in [7, 11) is 3.19. The van der Waals surface area contributed by atoms with Crippen molar-refractivity contribution in [3.05, 3.63) is 51.4 Å². The number of anilines is 1. The second-order valence-electron chi connectivity index (χ2n) is 7.75. The van der Waals surface area contributed by atoms with Crippen LogP contribution in [0.3, 0.4) is 0 Å². The lowest BCUT2D eigenvalue weighted by molar-refractivity contribution is 0.0246. The van der Waals surface area contributed by atoms with Gasteiger partial charge in [0.1, 0.15) is 28.8 Å². The van der Waals surface area contributed by atoms with Crippen molar-refractivity contribution in [3.63, 3.8) is 0 Å². The van der Waals surface area contributed by atoms with Crippen molar-refractivity contribution in [1.82, 2.24) is 19.3 Å². The number of halogens is 2. The summed E-state index contributed by atoms with van der Waals surface area (Å²) in [5, 5.41) is 19.7. The molecule has 0 saturated carbocycles. The molecule has 172 valence electrons. The quantitative estimate of drug-likeness (QED) is 0.492. The molecule has 0 amide bonds. The van der Waals surface area contributed by atoms with E-state index in [9.17, 15) is 18.7 Å². The number of alkyl halides is 1. The molecule has 3 aromatic rings. The van der Waals surface area contributed by atoms with Gasteiger partial charge in [0.15, 0.2) is 6.23 Å². The molecular weight excluding hydrogens is 442 g/mol. The van der Waals surface area contributed by atoms with E-state index in [1.54, 1.807) is 17.1 Å². The van der Waals surface area contributed by atoms with E-state index in [-0.39, 0.29) is 28.4 Å². The highest BCUT2D eigenvalue weighted by Gasteiger charge is 2.30. The Morgan fingerprint density at radius 3 is 2.97 bits per heavy atom. The summed E-state index contributed by atoms with van der Waals surface area (Å²) in [6.07, 6.45) is 0.692. The zero-order valence-electron chi connectivity index (χ0n) is 17.5. The monoisotopic (exact) mass is 466 g/mol. The van der Waals surface area contributed by atoms with E-state index in [1.807, 2.05) is 0 Å². The smallest absolute Gasteiger partial charge is 0.251 e. The number of pyridine rings is 1. The van der Waals surface area contributed by atoms with Crippen LogP contribution in [0, 0.1) is 5.82 Å². The molecule has 1 aliphatic rings. The average molecular weight is 467 g/mol. The molecule has 32 heavy (non-hydrogen) atoms. The number of aryl methyl sites for hydroxylation is 2. The number of hydrogen-bond donors (Lipinski definition) is 3. The third-order valence-corrected chi connectivity index (χ3v) is 6.37. The normalized spacial score (nSPS) is 22.5. The van der Waals surface area contributed by atoms with E-state index in [0.717, 1.165) is 22.1 Å². The standard InChI is InChI=1S/C20H24F2N6O3S/c1-27-7-11(21)10(5-17(27)29)20-26-15(9-32-20)19(30)25-14-6-24-28(2)18(14)16-4-3-13(23)12(22)8-31-16/h5-7,9,12-13,16,19,25,30H,3-4,8,23H2,1-2H3/t12-,13-,16+,19?/m1/s1. The largest absolute Gasteiger partial charge is 0.369 e. The number of nitrogens with one attached hydrogen (secondary N) is 1. The molecule has 0 aromatic carbocycles. The Hall–Kier alpha value is -2.67. The second-order valence-corrected chi connectivity index (χ2v) is 8.61. The van der Waals surface area contributed by atoms with Gasteiger partial charge in [0.25, 0.3) is 5.56 Å². The number of aliphatic hydroxyl groups is 1. The lowest BCUT2D eigenvalue weighted by atomic mass is 10.0. The van der Waals surface area contributed by atoms with Gasteiger partial charge in [-0.05, 0) is 12.8 Å². The molecule has 1 unspecified atom stereocenters. The molecule has 1 fully saturated rings. The van der Waals surface area contributed by atoms with Gasteiger partial charge in [0.05, 0.1) is 29.7 Å². The molecule has 0 radical (unpaired) electrons. The average Bonchev–Trinajstić information content (AvgIpc) is 3.34. The molecule has 4 N–H and O–H groups in total. The lowest BCUT2D eigenvalue weighted by Gasteiger charge is -2.19. The van der Waals surface area contributed by atoms with Gasteiger partial charge in [-0.1, -0.05) is 0 Å². The van der Waals surface area contributed by atoms with Crippen LogP contribution < -0.4 is 16.6 Å². The van der Waals surface area contributed by atoms with E-state index in [1.165, 1.54) is 19.3 Å². The maximum Gasteiger partial charge on any atom is 0.251 e. The SMILES string of the molecule is Cn1ncc(NC(O)c2csc(-c3cc(=O)n(C)cc3F)n2)c1[C@@H]1CC[C@@H](N)[C@H](F)CO1. The number of aromatic nitrogens is 4. The van der Waals surface area contributed by atoms with E-state index in [0.29, 0.717) is 24.2 Å². The number of rotatable bonds is 5. The van der Waals surface area contributed by atoms with Gasteiger partial charge in [0.2, 0.25) is 0 Å². The van der Waals surface area contributed by atoms with Gasteiger partial charge in [0, 0.05) is 37.8 Å². The van der Waals surface area contributed by atoms with Crippen molar-refractivity contribution >= 4 is 17.0 Å². The third kappa shape index (κ3) is 4.44. The minimum absolute atomic E-state index is 0.0718. The minimum Gasteiger partial charge on any atom is -0.369 e. The number of thiazole rings is 1. The molecule has 12 heteroatoms. The molecular formula is C20H24F2N6O3S. The van der Waals surface area contributed by atoms with E-state index in [2.05, 4.69) is 15.4 Å². The van der Waals surface area contributed by atoms with Gasteiger partial charge in [-0.2, -0.15) is 5.10 Å². The van der Waals surface area contributed by atoms with E-state index in [4.69, 9.17) is 10.5 Å². The highest BCUT2D eigenvalue weighted by Crippen LogP contribution is 2.34. The number of ether oxygens (including phenoxy) is 1. The van der Waals surface area contributed by atoms with Gasteiger partial charge in [-0.25, -0.2) is 13.8 Å². The van der Waals surface area contributed by atoms with Crippen LogP contribution in [0.4, 0.5) is 14.5 Å². The lowest BCUT2D eigenvalue weighted by Crippen LogP contribution is -2.32. The molecule has 9 nitrogen and oxygen atoms in total. The summed E-state index contributed by atoms with van der Waals surface area (Å²) in [5.74, 6) is -0.583. The molecule has 0 spiro atoms. The van der Waals surface area contributed by atoms with Crippen molar-refractivity contribution in [2.24, 2.45) is 19.8 Å². The van der Waals surface area contributed by atoms with Crippen molar-refractivity contribution < 1.29 is 18.6 Å². The molecule has 0 bridgehead atoms. The number of nitrogens with two attached hydrogens (primary N) is 1. The van der Waals surface area contributed by atoms with Crippen LogP contribution in [0.5, 0.6) is 0 Å². The fraction of sp³-hybridized carbons (Fsp3) is 0.450. The zero-order valence-corrected chi connectivity index (χ0v) is 18.4. The Kier molecular flexibility index (Phi) is 6.38. The number of hydrogen-bond acceptors (Lipinski definition) is 8. The van der Waals surface area contributed by atoms with Crippen LogP contribution in [0.15, 0.2) is 28.6 Å². The maximum absolute atomic E-state index is 14.3. The zero-order chi connectivity index (χ0) is 23.0. The predicted molar refractivity (Wildman–Crippen MR) is 115 cm³/mol. The first kappa shape index (κ1) is 22.5. The Morgan fingerprint density at radius 1 is 1.41 bits per heavy atom. The molecule has 1 aliphatic heterocycles. The van der Waals surface area contributed by atoms with Crippen LogP contribution in [0.1, 0.15) is 36.6 Å². The van der Waals surface area contributed by atoms with Crippen molar-refractivity contribution in [3.8, 4) is 10.6 Å². The summed E-state index contributed by atoms with van der Waals surface area (Å²) < 4.78 is 36.7. The first-order valence-corrected chi connectivity index (χ1v) is 10.9. The van der Waals surface area contributed by atoms with Crippen LogP contribution in [-0.4, -0.2) is 43.3 Å². The van der Waals surface area contributed by atoms with Gasteiger partial charge in [-0.3, -0.25) is 9.48 Å². The van der Waals surface area contributed by atoms with Crippen LogP contribution in [0.25, 0.3) is 10.6 Å². The fourth-order valence-electron chi connectivity index (χ4n) is 3.61. The molecule has 4 atom stereocenters. The van der Waals surface area contributed by atoms with E-state index >= 15 is 0 Å². The Bertz CT molecular complexity index is 1150. The van der Waals surface area contributed by atoms with Gasteiger partial charge in [-0.15, -0.1) is 11.3 Å². The van der Waals surface area contributed by atoms with Crippen LogP contribution >= 0.6 is 11.3 Å². The van der Waals surface area contributed by atoms with Crippen LogP contribution in [-0.2, 0) is 18.8 Å². The Labute approximate surface area is 186 Å². The Balaban J connectivity index is 1.54. The molecule has 4 rings (SSSR count). The maximum atomic E-state index is 14.3. The molecule has 0 aliphatic carbocycles. The van der Waals surface area contributed by atoms with Gasteiger partial charge >= 0.3 is 0 Å². The minimum atomic E-state index is -1.24. The molecule has 1 saturated heterocycles. The van der Waals surface area contributed by atoms with Gasteiger partial charge < -0.3 is 25.5 Å². The first-order valence-electron chi connectivity index (χ1n) is 10.0. The second kappa shape index (κ2) is 9.06. The number of nitrogens with zero attached hydrogens (tertiary/aromatic N) is 4. The first-order chi connectivity index (χ1) is 15.2. The molecule has 4 heterocycles. The highest BCUT2D eigenvalue weighted by atomic mass is 32.1. The van der Waals surface area contributed by atoms with Crippen molar-refractivity contribution in [2.75, 3.05) is 11.9 Å². The third-order valence-electron chi connectivity index (χ3n) is 5.48. The summed E-state index contributed by atoms with van der Waals surface area (Å²) in [6, 6.07) is 0.585. The summed E-state index contributed by atoms with van der Waals surface area (Å²) >= 11 is 1.11. The van der Waals surface area contributed by atoms with Crippen LogP contribution in [0.2, 0.25) is 0 Å².